The average Bonchev–Trinajstić information content (AvgIpc) is 2.05. The van der Waals surface area contributed by atoms with Gasteiger partial charge in [-0.05, 0) is 24.7 Å². The van der Waals surface area contributed by atoms with Gasteiger partial charge in [0.05, 0.1) is 0 Å². The highest BCUT2D eigenvalue weighted by molar-refractivity contribution is 4.86. The van der Waals surface area contributed by atoms with Crippen molar-refractivity contribution in [2.45, 2.75) is 53.4 Å². The van der Waals surface area contributed by atoms with Gasteiger partial charge in [-0.1, -0.05) is 52.7 Å². The van der Waals surface area contributed by atoms with Gasteiger partial charge < -0.3 is 0 Å². The summed E-state index contributed by atoms with van der Waals surface area (Å²) in [6.45, 7) is 9.15. The van der Waals surface area contributed by atoms with E-state index in [0.717, 1.165) is 11.8 Å². The van der Waals surface area contributed by atoms with Gasteiger partial charge in [0.1, 0.15) is 0 Å². The highest BCUT2D eigenvalue weighted by Gasteiger charge is 2.02. The van der Waals surface area contributed by atoms with Gasteiger partial charge in [0.2, 0.25) is 0 Å². The zero-order valence-electron chi connectivity index (χ0n) is 9.14. The van der Waals surface area contributed by atoms with E-state index in [9.17, 15) is 0 Å². The third-order valence-electron chi connectivity index (χ3n) is 2.39. The fourth-order valence-electron chi connectivity index (χ4n) is 1.38. The van der Waals surface area contributed by atoms with Crippen LogP contribution in [0.15, 0.2) is 12.2 Å². The molecule has 0 aromatic carbocycles. The quantitative estimate of drug-likeness (QED) is 0.515. The molecular formula is C12H24. The lowest BCUT2D eigenvalue weighted by Crippen LogP contribution is -1.99. The Morgan fingerprint density at radius 2 is 1.83 bits per heavy atom. The van der Waals surface area contributed by atoms with E-state index in [0.29, 0.717) is 0 Å². The van der Waals surface area contributed by atoms with Crippen molar-refractivity contribution < 1.29 is 0 Å². The van der Waals surface area contributed by atoms with Crippen LogP contribution in [0.1, 0.15) is 53.4 Å². The number of hydrogen-bond acceptors (Lipinski definition) is 0. The van der Waals surface area contributed by atoms with Crippen molar-refractivity contribution in [3.05, 3.63) is 12.2 Å². The second-order valence-electron chi connectivity index (χ2n) is 3.94. The molecule has 0 bridgehead atoms. The van der Waals surface area contributed by atoms with Crippen LogP contribution in [0.2, 0.25) is 0 Å². The number of rotatable bonds is 6. The summed E-state index contributed by atoms with van der Waals surface area (Å²) in [6.07, 6.45) is 9.86. The Bertz CT molecular complexity index is 113. The lowest BCUT2D eigenvalue weighted by molar-refractivity contribution is 0.454. The van der Waals surface area contributed by atoms with E-state index in [1.807, 2.05) is 0 Å². The summed E-state index contributed by atoms with van der Waals surface area (Å²) in [6, 6.07) is 0. The van der Waals surface area contributed by atoms with Gasteiger partial charge >= 0.3 is 0 Å². The molecule has 0 aromatic rings. The second kappa shape index (κ2) is 7.39. The first-order valence-electron chi connectivity index (χ1n) is 5.37. The SMILES string of the molecule is CCCC=CC(C)CC(C)CC. The molecule has 2 atom stereocenters. The zero-order valence-corrected chi connectivity index (χ0v) is 9.14. The molecule has 0 saturated heterocycles. The minimum atomic E-state index is 0.770. The van der Waals surface area contributed by atoms with Crippen LogP contribution in [0.5, 0.6) is 0 Å². The molecule has 0 rings (SSSR count). The Balaban J connectivity index is 3.50. The van der Waals surface area contributed by atoms with Gasteiger partial charge in [0, 0.05) is 0 Å². The predicted molar refractivity (Wildman–Crippen MR) is 57.3 cm³/mol. The summed E-state index contributed by atoms with van der Waals surface area (Å²) in [5.74, 6) is 1.65. The van der Waals surface area contributed by atoms with E-state index < -0.39 is 0 Å². The highest BCUT2D eigenvalue weighted by atomic mass is 14.1. The molecule has 0 N–H and O–H groups in total. The van der Waals surface area contributed by atoms with Crippen molar-refractivity contribution in [1.82, 2.24) is 0 Å². The van der Waals surface area contributed by atoms with E-state index in [4.69, 9.17) is 0 Å². The minimum Gasteiger partial charge on any atom is -0.0883 e. The Morgan fingerprint density at radius 1 is 1.17 bits per heavy atom. The van der Waals surface area contributed by atoms with Gasteiger partial charge in [-0.2, -0.15) is 0 Å². The summed E-state index contributed by atoms with van der Waals surface area (Å²) in [5, 5.41) is 0. The molecule has 0 aliphatic heterocycles. The lowest BCUT2D eigenvalue weighted by atomic mass is 9.95. The molecule has 0 aliphatic rings. The van der Waals surface area contributed by atoms with E-state index in [2.05, 4.69) is 39.8 Å². The first-order chi connectivity index (χ1) is 5.70. The van der Waals surface area contributed by atoms with Crippen LogP contribution in [0, 0.1) is 11.8 Å². The van der Waals surface area contributed by atoms with Crippen molar-refractivity contribution in [2.24, 2.45) is 11.8 Å². The van der Waals surface area contributed by atoms with E-state index in [-0.39, 0.29) is 0 Å². The Morgan fingerprint density at radius 3 is 2.33 bits per heavy atom. The normalized spacial score (nSPS) is 16.7. The summed E-state index contributed by atoms with van der Waals surface area (Å²) in [7, 11) is 0. The lowest BCUT2D eigenvalue weighted by Gasteiger charge is -2.11. The molecule has 0 aromatic heterocycles. The summed E-state index contributed by atoms with van der Waals surface area (Å²) in [5.41, 5.74) is 0. The molecule has 0 spiro atoms. The van der Waals surface area contributed by atoms with E-state index in [1.54, 1.807) is 0 Å². The topological polar surface area (TPSA) is 0 Å². The number of hydrogen-bond donors (Lipinski definition) is 0. The first kappa shape index (κ1) is 11.7. The van der Waals surface area contributed by atoms with Crippen molar-refractivity contribution in [2.75, 3.05) is 0 Å². The van der Waals surface area contributed by atoms with Gasteiger partial charge in [0.25, 0.3) is 0 Å². The second-order valence-corrected chi connectivity index (χ2v) is 3.94. The molecule has 0 heteroatoms. The Labute approximate surface area is 78.1 Å². The molecule has 2 unspecified atom stereocenters. The largest absolute Gasteiger partial charge is 0.0883 e. The van der Waals surface area contributed by atoms with Gasteiger partial charge in [0.15, 0.2) is 0 Å². The minimum absolute atomic E-state index is 0.770. The smallest absolute Gasteiger partial charge is 0.0259 e. The third-order valence-corrected chi connectivity index (χ3v) is 2.39. The van der Waals surface area contributed by atoms with Crippen LogP contribution < -0.4 is 0 Å². The monoisotopic (exact) mass is 168 g/mol. The van der Waals surface area contributed by atoms with E-state index >= 15 is 0 Å². The summed E-state index contributed by atoms with van der Waals surface area (Å²) >= 11 is 0. The van der Waals surface area contributed by atoms with Crippen LogP contribution in [-0.4, -0.2) is 0 Å². The first-order valence-corrected chi connectivity index (χ1v) is 5.37. The fourth-order valence-corrected chi connectivity index (χ4v) is 1.38. The van der Waals surface area contributed by atoms with Gasteiger partial charge in [-0.15, -0.1) is 0 Å². The highest BCUT2D eigenvalue weighted by Crippen LogP contribution is 2.15. The molecule has 0 saturated carbocycles. The molecule has 0 radical (unpaired) electrons. The average molecular weight is 168 g/mol. The van der Waals surface area contributed by atoms with Crippen LogP contribution in [0.4, 0.5) is 0 Å². The molecule has 12 heavy (non-hydrogen) atoms. The molecule has 0 nitrogen and oxygen atoms in total. The number of unbranched alkanes of at least 4 members (excludes halogenated alkanes) is 1. The van der Waals surface area contributed by atoms with Crippen LogP contribution in [-0.2, 0) is 0 Å². The van der Waals surface area contributed by atoms with E-state index in [1.165, 1.54) is 25.7 Å². The predicted octanol–water partition coefficient (Wildman–Crippen LogP) is 4.42. The summed E-state index contributed by atoms with van der Waals surface area (Å²) in [4.78, 5) is 0. The molecule has 0 fully saturated rings. The Hall–Kier alpha value is -0.260. The molecule has 72 valence electrons. The number of allylic oxidation sites excluding steroid dienone is 2. The molecule has 0 heterocycles. The van der Waals surface area contributed by atoms with Crippen molar-refractivity contribution in [1.29, 1.82) is 0 Å². The zero-order chi connectivity index (χ0) is 9.40. The maximum Gasteiger partial charge on any atom is -0.0259 e. The fraction of sp³-hybridized carbons (Fsp3) is 0.833. The molecule has 0 aliphatic carbocycles. The van der Waals surface area contributed by atoms with Crippen LogP contribution in [0.25, 0.3) is 0 Å². The van der Waals surface area contributed by atoms with Crippen molar-refractivity contribution in [3.8, 4) is 0 Å². The molecular weight excluding hydrogens is 144 g/mol. The van der Waals surface area contributed by atoms with Crippen LogP contribution in [0.3, 0.4) is 0 Å². The van der Waals surface area contributed by atoms with Crippen molar-refractivity contribution >= 4 is 0 Å². The molecule has 0 amide bonds. The standard InChI is InChI=1S/C12H24/c1-5-7-8-9-12(4)10-11(3)6-2/h8-9,11-12H,5-7,10H2,1-4H3. The van der Waals surface area contributed by atoms with Crippen LogP contribution >= 0.6 is 0 Å². The third kappa shape index (κ3) is 6.45. The van der Waals surface area contributed by atoms with Gasteiger partial charge in [-0.3, -0.25) is 0 Å². The van der Waals surface area contributed by atoms with Crippen molar-refractivity contribution in [3.63, 3.8) is 0 Å². The summed E-state index contributed by atoms with van der Waals surface area (Å²) < 4.78 is 0. The Kier molecular flexibility index (Phi) is 7.23. The van der Waals surface area contributed by atoms with Gasteiger partial charge in [-0.25, -0.2) is 0 Å². The maximum absolute atomic E-state index is 2.37. The maximum atomic E-state index is 2.37.